The predicted molar refractivity (Wildman–Crippen MR) is 114 cm³/mol. The van der Waals surface area contributed by atoms with Gasteiger partial charge >= 0.3 is 16.2 Å². The maximum Gasteiger partial charge on any atom is 0.413 e. The minimum Gasteiger partial charge on any atom is -0.465 e. The Labute approximate surface area is 178 Å². The molecule has 1 fully saturated rings. The van der Waals surface area contributed by atoms with Crippen LogP contribution in [0.15, 0.2) is 47.4 Å². The topological polar surface area (TPSA) is 134 Å². The van der Waals surface area contributed by atoms with E-state index in [1.165, 1.54) is 31.3 Å². The average Bonchev–Trinajstić information content (AvgIpc) is 3.41. The van der Waals surface area contributed by atoms with Gasteiger partial charge in [0.15, 0.2) is 0 Å². The molecule has 0 aliphatic carbocycles. The van der Waals surface area contributed by atoms with E-state index < -0.39 is 16.2 Å². The van der Waals surface area contributed by atoms with Gasteiger partial charge in [-0.05, 0) is 49.2 Å². The molecule has 10 nitrogen and oxygen atoms in total. The van der Waals surface area contributed by atoms with Gasteiger partial charge in [0, 0.05) is 32.0 Å². The summed E-state index contributed by atoms with van der Waals surface area (Å²) in [5.41, 5.74) is 1.72. The van der Waals surface area contributed by atoms with Gasteiger partial charge in [0.05, 0.1) is 17.1 Å². The highest BCUT2D eigenvalue weighted by atomic mass is 32.2. The maximum absolute atomic E-state index is 12.6. The second-order valence-corrected chi connectivity index (χ2v) is 8.71. The number of aromatic nitrogens is 2. The lowest BCUT2D eigenvalue weighted by molar-refractivity contribution is 0.120. The van der Waals surface area contributed by atoms with Gasteiger partial charge < -0.3 is 24.3 Å². The van der Waals surface area contributed by atoms with Crippen LogP contribution in [0.5, 0.6) is 5.75 Å². The summed E-state index contributed by atoms with van der Waals surface area (Å²) >= 11 is 0. The highest BCUT2D eigenvalue weighted by Gasteiger charge is 2.19. The number of hydrogen-bond acceptors (Lipinski definition) is 7. The van der Waals surface area contributed by atoms with Gasteiger partial charge in [0.1, 0.15) is 10.6 Å². The molecule has 1 aliphatic rings. The molecule has 2 heterocycles. The lowest BCUT2D eigenvalue weighted by Gasteiger charge is -2.12. The summed E-state index contributed by atoms with van der Waals surface area (Å²) in [6.45, 7) is 1.45. The van der Waals surface area contributed by atoms with Gasteiger partial charge in [-0.2, -0.15) is 8.42 Å². The molecule has 0 saturated carbocycles. The number of hydrogen-bond donors (Lipinski definition) is 3. The van der Waals surface area contributed by atoms with E-state index in [2.05, 4.69) is 15.3 Å². The molecule has 1 amide bonds. The van der Waals surface area contributed by atoms with Crippen molar-refractivity contribution in [1.29, 1.82) is 0 Å². The number of carboxylic acid groups (broad SMARTS) is 1. The number of H-pyrrole nitrogens is 1. The molecule has 1 aromatic heterocycles. The molecule has 0 radical (unpaired) electrons. The lowest BCUT2D eigenvalue weighted by atomic mass is 10.2. The van der Waals surface area contributed by atoms with E-state index in [9.17, 15) is 13.2 Å². The molecule has 1 saturated heterocycles. The summed E-state index contributed by atoms with van der Waals surface area (Å²) in [5.74, 6) is 0.204. The van der Waals surface area contributed by atoms with E-state index in [1.54, 1.807) is 18.2 Å². The van der Waals surface area contributed by atoms with Crippen LogP contribution in [0.3, 0.4) is 0 Å². The van der Waals surface area contributed by atoms with Crippen LogP contribution in [-0.2, 0) is 14.9 Å². The Bertz CT molecular complexity index is 1190. The highest BCUT2D eigenvalue weighted by Crippen LogP contribution is 2.25. The predicted octanol–water partition coefficient (Wildman–Crippen LogP) is 3.04. The Hall–Kier alpha value is -3.31. The maximum atomic E-state index is 12.6. The van der Waals surface area contributed by atoms with Crippen LogP contribution in [0.25, 0.3) is 11.0 Å². The van der Waals surface area contributed by atoms with E-state index in [1.807, 2.05) is 0 Å². The number of aromatic amines is 1. The van der Waals surface area contributed by atoms with Crippen molar-refractivity contribution in [3.63, 3.8) is 0 Å². The zero-order chi connectivity index (χ0) is 22.0. The summed E-state index contributed by atoms with van der Waals surface area (Å²) < 4.78 is 36.1. The third kappa shape index (κ3) is 4.72. The number of imidazole rings is 1. The minimum atomic E-state index is -4.04. The van der Waals surface area contributed by atoms with Crippen molar-refractivity contribution < 1.29 is 27.2 Å². The fourth-order valence-electron chi connectivity index (χ4n) is 3.23. The number of rotatable bonds is 7. The molecule has 164 valence electrons. The molecule has 2 aromatic carbocycles. The van der Waals surface area contributed by atoms with Crippen LogP contribution in [0.4, 0.5) is 16.4 Å². The van der Waals surface area contributed by atoms with Crippen LogP contribution >= 0.6 is 0 Å². The second kappa shape index (κ2) is 8.44. The third-order valence-corrected chi connectivity index (χ3v) is 6.21. The Kier molecular flexibility index (Phi) is 5.70. The summed E-state index contributed by atoms with van der Waals surface area (Å²) in [6.07, 6.45) is 1.08. The lowest BCUT2D eigenvalue weighted by Crippen LogP contribution is -2.24. The van der Waals surface area contributed by atoms with Gasteiger partial charge in [-0.3, -0.25) is 4.90 Å². The van der Waals surface area contributed by atoms with Gasteiger partial charge in [-0.1, -0.05) is 0 Å². The molecule has 1 aliphatic heterocycles. The van der Waals surface area contributed by atoms with Gasteiger partial charge in [-0.15, -0.1) is 0 Å². The molecule has 11 heteroatoms. The quantitative estimate of drug-likeness (QED) is 0.472. The van der Waals surface area contributed by atoms with Crippen LogP contribution in [0.2, 0.25) is 0 Å². The molecule has 0 spiro atoms. The molecule has 31 heavy (non-hydrogen) atoms. The van der Waals surface area contributed by atoms with Crippen LogP contribution in [0.1, 0.15) is 12.8 Å². The standard InChI is InChI=1S/C20H22N4O6S/c1-24(20(25)26)19-22-17-9-6-14(11-18(17)23-19)30-31(27,28)16-7-4-13(5-8-16)21-12-15-3-2-10-29-15/h4-9,11,15,21H,2-3,10,12H2,1H3,(H,22,23)(H,25,26). The van der Waals surface area contributed by atoms with Crippen molar-refractivity contribution >= 4 is 38.9 Å². The van der Waals surface area contributed by atoms with Crippen LogP contribution < -0.4 is 14.4 Å². The molecular weight excluding hydrogens is 424 g/mol. The zero-order valence-corrected chi connectivity index (χ0v) is 17.6. The Balaban J connectivity index is 1.46. The first kappa shape index (κ1) is 20.9. The molecule has 0 bridgehead atoms. The minimum absolute atomic E-state index is 0.0196. The number of fused-ring (bicyclic) bond motifs is 1. The van der Waals surface area contributed by atoms with Gasteiger partial charge in [0.2, 0.25) is 5.95 Å². The number of benzene rings is 2. The third-order valence-electron chi connectivity index (χ3n) is 4.95. The number of nitrogens with one attached hydrogen (secondary N) is 2. The Morgan fingerprint density at radius 1 is 1.32 bits per heavy atom. The van der Waals surface area contributed by atoms with Gasteiger partial charge in [-0.25, -0.2) is 9.78 Å². The molecule has 1 atom stereocenters. The smallest absolute Gasteiger partial charge is 0.413 e. The first-order valence-electron chi connectivity index (χ1n) is 9.68. The zero-order valence-electron chi connectivity index (χ0n) is 16.7. The van der Waals surface area contributed by atoms with Crippen molar-refractivity contribution in [2.75, 3.05) is 30.4 Å². The monoisotopic (exact) mass is 446 g/mol. The number of ether oxygens (including phenoxy) is 1. The molecule has 3 aromatic rings. The first-order chi connectivity index (χ1) is 14.8. The number of amides is 1. The molecule has 1 unspecified atom stereocenters. The number of nitrogens with zero attached hydrogens (tertiary/aromatic N) is 2. The van der Waals surface area contributed by atoms with E-state index in [-0.39, 0.29) is 22.7 Å². The Morgan fingerprint density at radius 2 is 2.10 bits per heavy atom. The van der Waals surface area contributed by atoms with E-state index in [4.69, 9.17) is 14.0 Å². The van der Waals surface area contributed by atoms with Crippen LogP contribution in [-0.4, -0.2) is 55.9 Å². The summed E-state index contributed by atoms with van der Waals surface area (Å²) in [5, 5.41) is 12.3. The molecule has 3 N–H and O–H groups in total. The highest BCUT2D eigenvalue weighted by molar-refractivity contribution is 7.87. The van der Waals surface area contributed by atoms with Crippen molar-refractivity contribution in [3.8, 4) is 5.75 Å². The molecular formula is C20H22N4O6S. The Morgan fingerprint density at radius 3 is 2.77 bits per heavy atom. The number of carbonyl (C=O) groups is 1. The summed E-state index contributed by atoms with van der Waals surface area (Å²) in [4.78, 5) is 19.0. The van der Waals surface area contributed by atoms with E-state index in [0.29, 0.717) is 17.6 Å². The normalized spacial score (nSPS) is 16.4. The second-order valence-electron chi connectivity index (χ2n) is 7.16. The van der Waals surface area contributed by atoms with Crippen molar-refractivity contribution in [3.05, 3.63) is 42.5 Å². The summed E-state index contributed by atoms with van der Waals surface area (Å²) in [6, 6.07) is 10.8. The number of anilines is 2. The van der Waals surface area contributed by atoms with Gasteiger partial charge in [0.25, 0.3) is 0 Å². The SMILES string of the molecule is CN(C(=O)O)c1nc2ccc(OS(=O)(=O)c3ccc(NCC4CCCO4)cc3)cc2[nH]1. The van der Waals surface area contributed by atoms with Crippen molar-refractivity contribution in [2.24, 2.45) is 0 Å². The van der Waals surface area contributed by atoms with Crippen molar-refractivity contribution in [2.45, 2.75) is 23.8 Å². The van der Waals surface area contributed by atoms with E-state index >= 15 is 0 Å². The fourth-order valence-corrected chi connectivity index (χ4v) is 4.15. The summed E-state index contributed by atoms with van der Waals surface area (Å²) in [7, 11) is -2.70. The average molecular weight is 446 g/mol. The largest absolute Gasteiger partial charge is 0.465 e. The molecule has 4 rings (SSSR count). The fraction of sp³-hybridized carbons (Fsp3) is 0.300. The van der Waals surface area contributed by atoms with Crippen molar-refractivity contribution in [1.82, 2.24) is 9.97 Å². The first-order valence-corrected chi connectivity index (χ1v) is 11.1. The van der Waals surface area contributed by atoms with Crippen LogP contribution in [0, 0.1) is 0 Å². The van der Waals surface area contributed by atoms with E-state index in [0.717, 1.165) is 30.0 Å².